The van der Waals surface area contributed by atoms with Crippen molar-refractivity contribution in [1.29, 1.82) is 0 Å². The highest BCUT2D eigenvalue weighted by Crippen LogP contribution is 2.28. The van der Waals surface area contributed by atoms with Crippen molar-refractivity contribution in [3.05, 3.63) is 24.0 Å². The summed E-state index contributed by atoms with van der Waals surface area (Å²) >= 11 is 1.16. The van der Waals surface area contributed by atoms with E-state index in [-0.39, 0.29) is 5.82 Å². The SMILES string of the molecule is CS(=O)(=O)N1CCC[C@@H]1C(=O)Nc1nc2ccc(F)cc2s1. The van der Waals surface area contributed by atoms with E-state index in [9.17, 15) is 17.6 Å². The van der Waals surface area contributed by atoms with Crippen LogP contribution in [-0.4, -0.2) is 42.5 Å². The minimum atomic E-state index is -3.41. The average molecular weight is 343 g/mol. The summed E-state index contributed by atoms with van der Waals surface area (Å²) in [6.07, 6.45) is 2.23. The molecule has 1 N–H and O–H groups in total. The van der Waals surface area contributed by atoms with E-state index in [2.05, 4.69) is 10.3 Å². The molecule has 2 aromatic rings. The molecule has 1 fully saturated rings. The van der Waals surface area contributed by atoms with Crippen molar-refractivity contribution in [3.8, 4) is 0 Å². The van der Waals surface area contributed by atoms with Crippen molar-refractivity contribution in [3.63, 3.8) is 0 Å². The first kappa shape index (κ1) is 15.3. The van der Waals surface area contributed by atoms with E-state index >= 15 is 0 Å². The van der Waals surface area contributed by atoms with Gasteiger partial charge in [-0.05, 0) is 31.0 Å². The van der Waals surface area contributed by atoms with Crippen molar-refractivity contribution in [1.82, 2.24) is 9.29 Å². The van der Waals surface area contributed by atoms with Crippen LogP contribution in [0.1, 0.15) is 12.8 Å². The lowest BCUT2D eigenvalue weighted by Gasteiger charge is -2.20. The topological polar surface area (TPSA) is 79.4 Å². The lowest BCUT2D eigenvalue weighted by molar-refractivity contribution is -0.119. The third kappa shape index (κ3) is 2.96. The number of nitrogens with zero attached hydrogens (tertiary/aromatic N) is 2. The van der Waals surface area contributed by atoms with Gasteiger partial charge in [0, 0.05) is 6.54 Å². The second-order valence-corrected chi connectivity index (χ2v) is 8.12. The van der Waals surface area contributed by atoms with Crippen LogP contribution < -0.4 is 5.32 Å². The Labute approximate surface area is 131 Å². The Morgan fingerprint density at radius 2 is 2.27 bits per heavy atom. The van der Waals surface area contributed by atoms with Crippen molar-refractivity contribution < 1.29 is 17.6 Å². The molecule has 0 saturated carbocycles. The molecule has 0 aliphatic carbocycles. The normalized spacial score (nSPS) is 19.6. The number of benzene rings is 1. The van der Waals surface area contributed by atoms with E-state index in [1.165, 1.54) is 22.5 Å². The fourth-order valence-corrected chi connectivity index (χ4v) is 4.56. The predicted molar refractivity (Wildman–Crippen MR) is 82.8 cm³/mol. The fourth-order valence-electron chi connectivity index (χ4n) is 2.54. The quantitative estimate of drug-likeness (QED) is 0.922. The number of anilines is 1. The van der Waals surface area contributed by atoms with Gasteiger partial charge in [0.05, 0.1) is 16.5 Å². The van der Waals surface area contributed by atoms with Crippen molar-refractivity contribution in [2.45, 2.75) is 18.9 Å². The number of hydrogen-bond donors (Lipinski definition) is 1. The lowest BCUT2D eigenvalue weighted by Crippen LogP contribution is -2.42. The highest BCUT2D eigenvalue weighted by atomic mass is 32.2. The zero-order valence-electron chi connectivity index (χ0n) is 11.7. The number of carbonyl (C=O) groups is 1. The number of aromatic nitrogens is 1. The summed E-state index contributed by atoms with van der Waals surface area (Å²) in [5.41, 5.74) is 0.591. The van der Waals surface area contributed by atoms with E-state index < -0.39 is 22.0 Å². The smallest absolute Gasteiger partial charge is 0.244 e. The van der Waals surface area contributed by atoms with Gasteiger partial charge in [-0.3, -0.25) is 4.79 Å². The van der Waals surface area contributed by atoms with E-state index in [0.29, 0.717) is 34.7 Å². The number of halogens is 1. The molecule has 1 atom stereocenters. The largest absolute Gasteiger partial charge is 0.301 e. The molecular formula is C13H14FN3O3S2. The van der Waals surface area contributed by atoms with Crippen LogP contribution in [-0.2, 0) is 14.8 Å². The maximum atomic E-state index is 13.2. The molecule has 1 aromatic heterocycles. The van der Waals surface area contributed by atoms with Gasteiger partial charge in [-0.15, -0.1) is 0 Å². The Balaban J connectivity index is 1.80. The van der Waals surface area contributed by atoms with Crippen LogP contribution in [0.2, 0.25) is 0 Å². The van der Waals surface area contributed by atoms with Crippen LogP contribution in [0.25, 0.3) is 10.2 Å². The molecule has 1 aliphatic heterocycles. The molecule has 0 spiro atoms. The number of fused-ring (bicyclic) bond motifs is 1. The first-order valence-corrected chi connectivity index (χ1v) is 9.35. The van der Waals surface area contributed by atoms with Gasteiger partial charge >= 0.3 is 0 Å². The highest BCUT2D eigenvalue weighted by molar-refractivity contribution is 7.88. The van der Waals surface area contributed by atoms with Crippen molar-refractivity contribution in [2.24, 2.45) is 0 Å². The van der Waals surface area contributed by atoms with Gasteiger partial charge in [-0.1, -0.05) is 11.3 Å². The predicted octanol–water partition coefficient (Wildman–Crippen LogP) is 1.80. The Morgan fingerprint density at radius 1 is 1.50 bits per heavy atom. The first-order chi connectivity index (χ1) is 10.3. The summed E-state index contributed by atoms with van der Waals surface area (Å²) in [6, 6.07) is 3.48. The van der Waals surface area contributed by atoms with Gasteiger partial charge < -0.3 is 5.32 Å². The molecule has 0 radical (unpaired) electrons. The number of carbonyl (C=O) groups excluding carboxylic acids is 1. The molecular weight excluding hydrogens is 329 g/mol. The van der Waals surface area contributed by atoms with Crippen molar-refractivity contribution in [2.75, 3.05) is 18.1 Å². The lowest BCUT2D eigenvalue weighted by atomic mass is 10.2. The van der Waals surface area contributed by atoms with Crippen LogP contribution in [0.4, 0.5) is 9.52 Å². The Kier molecular flexibility index (Phi) is 3.87. The van der Waals surface area contributed by atoms with E-state index in [0.717, 1.165) is 17.6 Å². The highest BCUT2D eigenvalue weighted by Gasteiger charge is 2.36. The molecule has 3 rings (SSSR count). The molecule has 9 heteroatoms. The van der Waals surface area contributed by atoms with Crippen LogP contribution >= 0.6 is 11.3 Å². The summed E-state index contributed by atoms with van der Waals surface area (Å²) in [5, 5.41) is 2.97. The van der Waals surface area contributed by atoms with E-state index in [1.807, 2.05) is 0 Å². The number of thiazole rings is 1. The van der Waals surface area contributed by atoms with Crippen LogP contribution in [0.3, 0.4) is 0 Å². The van der Waals surface area contributed by atoms with Gasteiger partial charge in [0.25, 0.3) is 0 Å². The molecule has 1 amide bonds. The molecule has 1 saturated heterocycles. The first-order valence-electron chi connectivity index (χ1n) is 6.68. The number of amides is 1. The van der Waals surface area contributed by atoms with Gasteiger partial charge in [-0.25, -0.2) is 17.8 Å². The summed E-state index contributed by atoms with van der Waals surface area (Å²) < 4.78 is 38.3. The third-order valence-electron chi connectivity index (χ3n) is 3.51. The van der Waals surface area contributed by atoms with Crippen molar-refractivity contribution >= 4 is 42.6 Å². The zero-order valence-corrected chi connectivity index (χ0v) is 13.4. The third-order valence-corrected chi connectivity index (χ3v) is 5.74. The molecule has 118 valence electrons. The second-order valence-electron chi connectivity index (χ2n) is 5.15. The number of hydrogen-bond acceptors (Lipinski definition) is 5. The molecule has 0 bridgehead atoms. The molecule has 1 aliphatic rings. The summed E-state index contributed by atoms with van der Waals surface area (Å²) in [5.74, 6) is -0.768. The standard InChI is InChI=1S/C13H14FN3O3S2/c1-22(19,20)17-6-2-3-10(17)12(18)16-13-15-9-5-4-8(14)7-11(9)21-13/h4-5,7,10H,2-3,6H2,1H3,(H,15,16,18)/t10-/m1/s1. The van der Waals surface area contributed by atoms with Gasteiger partial charge in [0.15, 0.2) is 5.13 Å². The number of rotatable bonds is 3. The minimum Gasteiger partial charge on any atom is -0.301 e. The van der Waals surface area contributed by atoms with Crippen LogP contribution in [0.15, 0.2) is 18.2 Å². The average Bonchev–Trinajstić information content (AvgIpc) is 3.02. The maximum absolute atomic E-state index is 13.2. The maximum Gasteiger partial charge on any atom is 0.244 e. The molecule has 2 heterocycles. The molecule has 1 aromatic carbocycles. The molecule has 22 heavy (non-hydrogen) atoms. The Bertz CT molecular complexity index is 834. The number of sulfonamides is 1. The zero-order chi connectivity index (χ0) is 15.9. The Hall–Kier alpha value is -1.58. The van der Waals surface area contributed by atoms with Gasteiger partial charge in [0.2, 0.25) is 15.9 Å². The van der Waals surface area contributed by atoms with Gasteiger partial charge in [0.1, 0.15) is 11.9 Å². The Morgan fingerprint density at radius 3 is 3.00 bits per heavy atom. The van der Waals surface area contributed by atoms with Crippen LogP contribution in [0, 0.1) is 5.82 Å². The van der Waals surface area contributed by atoms with E-state index in [4.69, 9.17) is 0 Å². The minimum absolute atomic E-state index is 0.339. The van der Waals surface area contributed by atoms with Gasteiger partial charge in [-0.2, -0.15) is 4.31 Å². The summed E-state index contributed by atoms with van der Waals surface area (Å²) in [6.45, 7) is 0.349. The fraction of sp³-hybridized carbons (Fsp3) is 0.385. The summed E-state index contributed by atoms with van der Waals surface area (Å²) in [4.78, 5) is 16.5. The summed E-state index contributed by atoms with van der Waals surface area (Å²) in [7, 11) is -3.41. The number of nitrogens with one attached hydrogen (secondary N) is 1. The van der Waals surface area contributed by atoms with E-state index in [1.54, 1.807) is 0 Å². The monoisotopic (exact) mass is 343 g/mol. The molecule has 6 nitrogen and oxygen atoms in total. The molecule has 0 unspecified atom stereocenters. The van der Waals surface area contributed by atoms with Crippen LogP contribution in [0.5, 0.6) is 0 Å². The second kappa shape index (κ2) is 5.56.